The van der Waals surface area contributed by atoms with E-state index in [0.29, 0.717) is 23.4 Å². The topological polar surface area (TPSA) is 47.6 Å². The van der Waals surface area contributed by atoms with Gasteiger partial charge in [-0.05, 0) is 36.4 Å². The molecule has 7 heteroatoms. The van der Waals surface area contributed by atoms with Gasteiger partial charge in [0, 0.05) is 15.8 Å². The quantitative estimate of drug-likeness (QED) is 0.753. The maximum atomic E-state index is 13.7. The number of carbonyl (C=O) groups excluding carboxylic acids is 1. The molecule has 0 saturated carbocycles. The van der Waals surface area contributed by atoms with Crippen molar-refractivity contribution < 1.29 is 18.7 Å². The number of amides is 1. The number of carbonyl (C=O) groups is 1. The van der Waals surface area contributed by atoms with E-state index in [1.807, 2.05) is 18.2 Å². The SMILES string of the molecule is O=C(CSc1ccc2c(c1)OCCCO2)Nc1ccc(Br)cc1F. The van der Waals surface area contributed by atoms with E-state index in [0.717, 1.165) is 17.1 Å². The zero-order valence-corrected chi connectivity index (χ0v) is 15.1. The van der Waals surface area contributed by atoms with Gasteiger partial charge in [-0.25, -0.2) is 4.39 Å². The van der Waals surface area contributed by atoms with Crippen LogP contribution in [0.15, 0.2) is 45.8 Å². The van der Waals surface area contributed by atoms with Gasteiger partial charge >= 0.3 is 0 Å². The Hall–Kier alpha value is -1.73. The molecule has 1 amide bonds. The first-order chi connectivity index (χ1) is 11.6. The van der Waals surface area contributed by atoms with E-state index in [4.69, 9.17) is 9.47 Å². The summed E-state index contributed by atoms with van der Waals surface area (Å²) in [6, 6.07) is 10.1. The standard InChI is InChI=1S/C17H15BrFNO3S/c18-11-2-4-14(13(19)8-11)20-17(21)10-24-12-3-5-15-16(9-12)23-7-1-6-22-15/h2-5,8-9H,1,6-7,10H2,(H,20,21). The minimum atomic E-state index is -0.474. The molecule has 2 aromatic carbocycles. The molecule has 1 N–H and O–H groups in total. The van der Waals surface area contributed by atoms with Gasteiger partial charge in [-0.2, -0.15) is 0 Å². The molecule has 0 bridgehead atoms. The van der Waals surface area contributed by atoms with Crippen LogP contribution in [0.3, 0.4) is 0 Å². The van der Waals surface area contributed by atoms with E-state index in [1.54, 1.807) is 6.07 Å². The van der Waals surface area contributed by atoms with Crippen LogP contribution in [0.5, 0.6) is 11.5 Å². The van der Waals surface area contributed by atoms with E-state index in [1.165, 1.54) is 23.9 Å². The number of benzene rings is 2. The Bertz CT molecular complexity index is 757. The van der Waals surface area contributed by atoms with Gasteiger partial charge in [0.15, 0.2) is 11.5 Å². The number of hydrogen-bond donors (Lipinski definition) is 1. The second kappa shape index (κ2) is 7.90. The van der Waals surface area contributed by atoms with Crippen LogP contribution in [0, 0.1) is 5.82 Å². The lowest BCUT2D eigenvalue weighted by atomic mass is 10.3. The summed E-state index contributed by atoms with van der Waals surface area (Å²) in [5, 5.41) is 2.57. The average molecular weight is 412 g/mol. The number of rotatable bonds is 4. The van der Waals surface area contributed by atoms with Crippen molar-refractivity contribution in [1.29, 1.82) is 0 Å². The highest BCUT2D eigenvalue weighted by Gasteiger charge is 2.12. The molecule has 1 aliphatic heterocycles. The highest BCUT2D eigenvalue weighted by Crippen LogP contribution is 2.33. The molecule has 0 aromatic heterocycles. The molecule has 4 nitrogen and oxygen atoms in total. The van der Waals surface area contributed by atoms with Crippen molar-refractivity contribution in [1.82, 2.24) is 0 Å². The largest absolute Gasteiger partial charge is 0.490 e. The fraction of sp³-hybridized carbons (Fsp3) is 0.235. The molecular formula is C17H15BrFNO3S. The van der Waals surface area contributed by atoms with Crippen molar-refractivity contribution in [2.24, 2.45) is 0 Å². The average Bonchev–Trinajstić information content (AvgIpc) is 2.80. The lowest BCUT2D eigenvalue weighted by Gasteiger charge is -2.09. The van der Waals surface area contributed by atoms with Gasteiger partial charge in [-0.3, -0.25) is 4.79 Å². The van der Waals surface area contributed by atoms with Crippen molar-refractivity contribution in [2.45, 2.75) is 11.3 Å². The van der Waals surface area contributed by atoms with E-state index in [9.17, 15) is 9.18 Å². The predicted molar refractivity (Wildman–Crippen MR) is 95.5 cm³/mol. The van der Waals surface area contributed by atoms with Gasteiger partial charge in [0.25, 0.3) is 0 Å². The fourth-order valence-corrected chi connectivity index (χ4v) is 3.22. The Balaban J connectivity index is 1.59. The molecule has 1 heterocycles. The van der Waals surface area contributed by atoms with Gasteiger partial charge in [0.05, 0.1) is 24.7 Å². The molecular weight excluding hydrogens is 397 g/mol. The number of hydrogen-bond acceptors (Lipinski definition) is 4. The Morgan fingerprint density at radius 1 is 1.17 bits per heavy atom. The molecule has 1 aliphatic rings. The molecule has 0 aliphatic carbocycles. The first-order valence-electron chi connectivity index (χ1n) is 7.39. The monoisotopic (exact) mass is 411 g/mol. The minimum absolute atomic E-state index is 0.169. The highest BCUT2D eigenvalue weighted by molar-refractivity contribution is 9.10. The van der Waals surface area contributed by atoms with Crippen molar-refractivity contribution in [2.75, 3.05) is 24.3 Å². The predicted octanol–water partition coefficient (Wildman–Crippen LogP) is 4.48. The van der Waals surface area contributed by atoms with E-state index in [2.05, 4.69) is 21.2 Å². The third kappa shape index (κ3) is 4.42. The number of thioether (sulfide) groups is 1. The number of anilines is 1. The second-order valence-corrected chi connectivity index (χ2v) is 7.08. The third-order valence-electron chi connectivity index (χ3n) is 3.29. The van der Waals surface area contributed by atoms with Gasteiger partial charge in [0.1, 0.15) is 5.82 Å². The maximum Gasteiger partial charge on any atom is 0.234 e. The zero-order valence-electron chi connectivity index (χ0n) is 12.7. The lowest BCUT2D eigenvalue weighted by molar-refractivity contribution is -0.113. The number of nitrogens with one attached hydrogen (secondary N) is 1. The lowest BCUT2D eigenvalue weighted by Crippen LogP contribution is -2.15. The van der Waals surface area contributed by atoms with Crippen molar-refractivity contribution in [3.05, 3.63) is 46.7 Å². The van der Waals surface area contributed by atoms with Gasteiger partial charge in [-0.15, -0.1) is 11.8 Å². The highest BCUT2D eigenvalue weighted by atomic mass is 79.9. The van der Waals surface area contributed by atoms with Crippen LogP contribution in [0.4, 0.5) is 10.1 Å². The van der Waals surface area contributed by atoms with E-state index < -0.39 is 5.82 Å². The molecule has 126 valence electrons. The van der Waals surface area contributed by atoms with Gasteiger partial charge in [0.2, 0.25) is 5.91 Å². The zero-order chi connectivity index (χ0) is 16.9. The molecule has 2 aromatic rings. The van der Waals surface area contributed by atoms with E-state index >= 15 is 0 Å². The molecule has 0 atom stereocenters. The molecule has 0 spiro atoms. The number of ether oxygens (including phenoxy) is 2. The Morgan fingerprint density at radius 3 is 2.75 bits per heavy atom. The summed E-state index contributed by atoms with van der Waals surface area (Å²) in [5.74, 6) is 0.844. The number of halogens is 2. The summed E-state index contributed by atoms with van der Waals surface area (Å²) >= 11 is 4.54. The summed E-state index contributed by atoms with van der Waals surface area (Å²) in [6.07, 6.45) is 0.846. The summed E-state index contributed by atoms with van der Waals surface area (Å²) < 4.78 is 25.5. The second-order valence-electron chi connectivity index (χ2n) is 5.12. The molecule has 0 fully saturated rings. The van der Waals surface area contributed by atoms with Gasteiger partial charge < -0.3 is 14.8 Å². The van der Waals surface area contributed by atoms with Crippen LogP contribution in [-0.4, -0.2) is 24.9 Å². The summed E-state index contributed by atoms with van der Waals surface area (Å²) in [6.45, 7) is 1.26. The molecule has 0 saturated heterocycles. The van der Waals surface area contributed by atoms with Crippen LogP contribution in [-0.2, 0) is 4.79 Å². The summed E-state index contributed by atoms with van der Waals surface area (Å²) in [5.41, 5.74) is 0.169. The van der Waals surface area contributed by atoms with Crippen LogP contribution in [0.25, 0.3) is 0 Å². The van der Waals surface area contributed by atoms with Crippen LogP contribution in [0.2, 0.25) is 0 Å². The fourth-order valence-electron chi connectivity index (χ4n) is 2.16. The molecule has 3 rings (SSSR count). The van der Waals surface area contributed by atoms with Crippen molar-refractivity contribution >= 4 is 39.3 Å². The van der Waals surface area contributed by atoms with Crippen LogP contribution < -0.4 is 14.8 Å². The first kappa shape index (κ1) is 17.1. The molecule has 0 radical (unpaired) electrons. The Labute approximate surface area is 151 Å². The van der Waals surface area contributed by atoms with Crippen molar-refractivity contribution in [3.8, 4) is 11.5 Å². The summed E-state index contributed by atoms with van der Waals surface area (Å²) in [7, 11) is 0. The Kier molecular flexibility index (Phi) is 5.63. The molecule has 24 heavy (non-hydrogen) atoms. The van der Waals surface area contributed by atoms with Crippen molar-refractivity contribution in [3.63, 3.8) is 0 Å². The summed E-state index contributed by atoms with van der Waals surface area (Å²) in [4.78, 5) is 12.9. The van der Waals surface area contributed by atoms with E-state index in [-0.39, 0.29) is 17.3 Å². The smallest absolute Gasteiger partial charge is 0.234 e. The van der Waals surface area contributed by atoms with Gasteiger partial charge in [-0.1, -0.05) is 15.9 Å². The number of fused-ring (bicyclic) bond motifs is 1. The molecule has 0 unspecified atom stereocenters. The Morgan fingerprint density at radius 2 is 1.96 bits per heavy atom. The normalized spacial score (nSPS) is 13.2. The third-order valence-corrected chi connectivity index (χ3v) is 4.78. The maximum absolute atomic E-state index is 13.7. The minimum Gasteiger partial charge on any atom is -0.490 e. The van der Waals surface area contributed by atoms with Crippen LogP contribution >= 0.6 is 27.7 Å². The van der Waals surface area contributed by atoms with Crippen LogP contribution in [0.1, 0.15) is 6.42 Å². The first-order valence-corrected chi connectivity index (χ1v) is 9.17.